The molecule has 3 aliphatic rings. The van der Waals surface area contributed by atoms with Crippen LogP contribution in [0.25, 0.3) is 0 Å². The van der Waals surface area contributed by atoms with Crippen LogP contribution in [-0.2, 0) is 19.6 Å². The molecule has 1 aliphatic carbocycles. The zero-order valence-electron chi connectivity index (χ0n) is 20.3. The molecule has 204 valence electrons. The van der Waals surface area contributed by atoms with E-state index in [1.54, 1.807) is 11.6 Å². The van der Waals surface area contributed by atoms with E-state index < -0.39 is 43.9 Å². The molecule has 3 N–H and O–H groups in total. The number of halogens is 3. The minimum Gasteiger partial charge on any atom is -0.466 e. The Kier molecular flexibility index (Phi) is 7.83. The maximum atomic E-state index is 14.5. The number of aromatic nitrogens is 1. The number of hydrogen-bond donors (Lipinski definition) is 3. The molecular formula is C24H26ClF2N5O4S2. The third-order valence-corrected chi connectivity index (χ3v) is 10.2. The van der Waals surface area contributed by atoms with Gasteiger partial charge in [-0.25, -0.2) is 31.7 Å². The highest BCUT2D eigenvalue weighted by atomic mass is 35.5. The van der Waals surface area contributed by atoms with E-state index in [1.165, 1.54) is 24.5 Å². The lowest BCUT2D eigenvalue weighted by Crippen LogP contribution is -2.56. The summed E-state index contributed by atoms with van der Waals surface area (Å²) < 4.78 is 61.4. The van der Waals surface area contributed by atoms with E-state index in [-0.39, 0.29) is 23.1 Å². The van der Waals surface area contributed by atoms with Crippen LogP contribution in [0.1, 0.15) is 42.3 Å². The zero-order valence-corrected chi connectivity index (χ0v) is 22.7. The van der Waals surface area contributed by atoms with E-state index in [4.69, 9.17) is 16.3 Å². The van der Waals surface area contributed by atoms with Gasteiger partial charge >= 0.3 is 5.97 Å². The molecule has 0 amide bonds. The summed E-state index contributed by atoms with van der Waals surface area (Å²) >= 11 is 7.54. The number of aliphatic imine (C=N–C) groups is 1. The number of carbonyl (C=O) groups excluding carboxylic acids is 1. The number of esters is 1. The van der Waals surface area contributed by atoms with Crippen molar-refractivity contribution in [2.75, 3.05) is 20.2 Å². The number of sulfonamides is 1. The van der Waals surface area contributed by atoms with Crippen LogP contribution in [0.15, 0.2) is 40.0 Å². The predicted molar refractivity (Wildman–Crippen MR) is 139 cm³/mol. The van der Waals surface area contributed by atoms with E-state index in [1.807, 2.05) is 0 Å². The quantitative estimate of drug-likeness (QED) is 0.337. The second kappa shape index (κ2) is 11.0. The summed E-state index contributed by atoms with van der Waals surface area (Å²) in [5.41, 5.74) is 0.798. The number of amidine groups is 1. The Balaban J connectivity index is 1.49. The lowest BCUT2D eigenvalue weighted by atomic mass is 9.80. The van der Waals surface area contributed by atoms with Gasteiger partial charge in [0.25, 0.3) is 0 Å². The van der Waals surface area contributed by atoms with Gasteiger partial charge in [0.1, 0.15) is 11.3 Å². The van der Waals surface area contributed by atoms with E-state index in [2.05, 4.69) is 25.3 Å². The predicted octanol–water partition coefficient (Wildman–Crippen LogP) is 3.04. The Morgan fingerprint density at radius 2 is 1.95 bits per heavy atom. The van der Waals surface area contributed by atoms with Crippen LogP contribution < -0.4 is 15.4 Å². The smallest absolute Gasteiger partial charge is 0.338 e. The van der Waals surface area contributed by atoms with Crippen molar-refractivity contribution in [1.29, 1.82) is 0 Å². The van der Waals surface area contributed by atoms with E-state index in [0.717, 1.165) is 6.07 Å². The van der Waals surface area contributed by atoms with Gasteiger partial charge in [-0.2, -0.15) is 0 Å². The number of ether oxygens (including phenoxy) is 1. The van der Waals surface area contributed by atoms with E-state index in [9.17, 15) is 22.0 Å². The van der Waals surface area contributed by atoms with Gasteiger partial charge in [0.2, 0.25) is 10.0 Å². The summed E-state index contributed by atoms with van der Waals surface area (Å²) in [6.45, 7) is 0.882. The molecule has 1 saturated heterocycles. The fraction of sp³-hybridized carbons (Fsp3) is 0.458. The Morgan fingerprint density at radius 1 is 1.21 bits per heavy atom. The highest BCUT2D eigenvalue weighted by Gasteiger charge is 2.39. The third-order valence-electron chi connectivity index (χ3n) is 7.12. The Labute approximate surface area is 227 Å². The standard InChI is InChI=1S/C24H26ClF2N5O4S2/c1-36-24(33)17-20(12-2-4-13(5-3-12)32-38(34,35)14-10-28-11-14)30-22(23-29-8-9-37-23)31-21(17)15-6-7-16(26)19(27)18(15)25/h6-9,12-14,21,28,32H,2-5,10-11H2,1H3,(H,30,31). The second-order valence-corrected chi connectivity index (χ2v) is 12.7. The molecule has 0 bridgehead atoms. The molecule has 2 aliphatic heterocycles. The van der Waals surface area contributed by atoms with Crippen LogP contribution >= 0.6 is 22.9 Å². The van der Waals surface area contributed by atoms with E-state index in [0.29, 0.717) is 55.3 Å². The summed E-state index contributed by atoms with van der Waals surface area (Å²) in [5, 5.41) is 7.65. The van der Waals surface area contributed by atoms with Crippen molar-refractivity contribution < 1.29 is 26.7 Å². The number of methoxy groups -OCH3 is 1. The maximum absolute atomic E-state index is 14.5. The number of nitrogens with zero attached hydrogens (tertiary/aromatic N) is 2. The van der Waals surface area contributed by atoms with Gasteiger partial charge in [-0.3, -0.25) is 4.99 Å². The van der Waals surface area contributed by atoms with Gasteiger partial charge in [0.15, 0.2) is 22.5 Å². The van der Waals surface area contributed by atoms with Gasteiger partial charge in [0.05, 0.1) is 17.7 Å². The molecule has 14 heteroatoms. The largest absolute Gasteiger partial charge is 0.466 e. The van der Waals surface area contributed by atoms with Gasteiger partial charge in [-0.15, -0.1) is 11.3 Å². The highest BCUT2D eigenvalue weighted by Crippen LogP contribution is 2.41. The average molecular weight is 586 g/mol. The summed E-state index contributed by atoms with van der Waals surface area (Å²) in [4.78, 5) is 22.1. The molecule has 2 fully saturated rings. The van der Waals surface area contributed by atoms with Crippen LogP contribution in [0.5, 0.6) is 0 Å². The van der Waals surface area contributed by atoms with Gasteiger partial charge < -0.3 is 15.4 Å². The summed E-state index contributed by atoms with van der Waals surface area (Å²) in [6.07, 6.45) is 3.87. The Hall–Kier alpha value is -2.45. The van der Waals surface area contributed by atoms with Crippen LogP contribution in [-0.4, -0.2) is 56.7 Å². The molecule has 3 heterocycles. The van der Waals surface area contributed by atoms with Crippen molar-refractivity contribution in [3.63, 3.8) is 0 Å². The van der Waals surface area contributed by atoms with Crippen molar-refractivity contribution in [3.05, 3.63) is 62.2 Å². The first-order chi connectivity index (χ1) is 18.2. The minimum absolute atomic E-state index is 0.120. The number of carbonyl (C=O) groups is 1. The van der Waals surface area contributed by atoms with Crippen LogP contribution in [0.2, 0.25) is 5.02 Å². The fourth-order valence-corrected chi connectivity index (χ4v) is 7.37. The molecule has 1 atom stereocenters. The molecule has 0 spiro atoms. The molecule has 1 aromatic carbocycles. The number of hydrogen-bond acceptors (Lipinski definition) is 9. The number of nitrogens with one attached hydrogen (secondary N) is 3. The molecule has 1 unspecified atom stereocenters. The van der Waals surface area contributed by atoms with Crippen LogP contribution in [0.3, 0.4) is 0 Å². The minimum atomic E-state index is -3.41. The average Bonchev–Trinajstić information content (AvgIpc) is 3.40. The first-order valence-corrected chi connectivity index (χ1v) is 14.9. The van der Waals surface area contributed by atoms with Crippen molar-refractivity contribution in [1.82, 2.24) is 20.3 Å². The number of rotatable bonds is 7. The highest BCUT2D eigenvalue weighted by molar-refractivity contribution is 7.90. The van der Waals surface area contributed by atoms with Gasteiger partial charge in [-0.05, 0) is 37.7 Å². The first kappa shape index (κ1) is 27.1. The SMILES string of the molecule is COC(=O)C1=C(C2CCC(NS(=O)(=O)C3CNC3)CC2)NC(c2nccs2)=NC1c1ccc(F)c(F)c1Cl. The molecular weight excluding hydrogens is 560 g/mol. The van der Waals surface area contributed by atoms with Crippen molar-refractivity contribution in [2.24, 2.45) is 10.9 Å². The number of allylic oxidation sites excluding steroid dienone is 1. The molecule has 1 saturated carbocycles. The lowest BCUT2D eigenvalue weighted by Gasteiger charge is -2.36. The first-order valence-electron chi connectivity index (χ1n) is 12.1. The summed E-state index contributed by atoms with van der Waals surface area (Å²) in [6, 6.07) is 0.968. The zero-order chi connectivity index (χ0) is 27.0. The van der Waals surface area contributed by atoms with Crippen molar-refractivity contribution in [3.8, 4) is 0 Å². The Bertz CT molecular complexity index is 1390. The molecule has 2 aromatic rings. The molecule has 9 nitrogen and oxygen atoms in total. The Morgan fingerprint density at radius 3 is 2.55 bits per heavy atom. The molecule has 1 aromatic heterocycles. The van der Waals surface area contributed by atoms with Crippen LogP contribution in [0, 0.1) is 17.6 Å². The number of benzene rings is 1. The molecule has 5 rings (SSSR count). The van der Waals surface area contributed by atoms with Crippen LogP contribution in [0.4, 0.5) is 8.78 Å². The lowest BCUT2D eigenvalue weighted by molar-refractivity contribution is -0.136. The number of thiazole rings is 1. The molecule has 38 heavy (non-hydrogen) atoms. The fourth-order valence-electron chi connectivity index (χ4n) is 4.96. The second-order valence-electron chi connectivity index (χ2n) is 9.42. The van der Waals surface area contributed by atoms with E-state index >= 15 is 0 Å². The van der Waals surface area contributed by atoms with Crippen molar-refractivity contribution >= 4 is 44.8 Å². The molecule has 0 radical (unpaired) electrons. The monoisotopic (exact) mass is 585 g/mol. The van der Waals surface area contributed by atoms with Gasteiger partial charge in [0, 0.05) is 42.0 Å². The summed E-state index contributed by atoms with van der Waals surface area (Å²) in [7, 11) is -2.18. The third kappa shape index (κ3) is 5.22. The summed E-state index contributed by atoms with van der Waals surface area (Å²) in [5.74, 6) is -2.82. The maximum Gasteiger partial charge on any atom is 0.338 e. The topological polar surface area (TPSA) is 122 Å². The van der Waals surface area contributed by atoms with Crippen molar-refractivity contribution in [2.45, 2.75) is 43.0 Å². The van der Waals surface area contributed by atoms with Gasteiger partial charge in [-0.1, -0.05) is 17.7 Å². The normalized spacial score (nSPS) is 24.4.